The molecule has 1 saturated heterocycles. The average molecular weight is 490 g/mol. The Morgan fingerprint density at radius 3 is 2.22 bits per heavy atom. The number of hydrogen-bond acceptors (Lipinski definition) is 4. The number of carbonyl (C=O) groups is 2. The second-order valence-electron chi connectivity index (χ2n) is 7.02. The summed E-state index contributed by atoms with van der Waals surface area (Å²) in [5, 5.41) is 5.86. The number of hydrogen-bond donors (Lipinski definition) is 2. The Hall–Kier alpha value is -3.07. The topological polar surface area (TPSA) is 95.6 Å². The molecule has 32 heavy (non-hydrogen) atoms. The largest absolute Gasteiger partial charge is 0.322 e. The van der Waals surface area contributed by atoms with Crippen LogP contribution < -0.4 is 14.9 Å². The Bertz CT molecular complexity index is 1310. The number of nitrogens with one attached hydrogen (secondary N) is 2. The lowest BCUT2D eigenvalue weighted by Crippen LogP contribution is -2.47. The molecule has 0 aromatic heterocycles. The Balaban J connectivity index is 1.50. The number of rotatable bonds is 5. The minimum Gasteiger partial charge on any atom is -0.322 e. The summed E-state index contributed by atoms with van der Waals surface area (Å²) in [4.78, 5) is 25.1. The first-order valence-corrected chi connectivity index (χ1v) is 11.9. The fraction of sp³-hybridized carbons (Fsp3) is 0.0909. The lowest BCUT2D eigenvalue weighted by Gasteiger charge is -2.32. The van der Waals surface area contributed by atoms with Crippen molar-refractivity contribution < 1.29 is 18.0 Å². The highest BCUT2D eigenvalue weighted by Crippen LogP contribution is 2.30. The first kappa shape index (κ1) is 22.1. The Labute approximate surface area is 195 Å². The number of benzene rings is 3. The van der Waals surface area contributed by atoms with Gasteiger partial charge in [0.15, 0.2) is 0 Å². The van der Waals surface area contributed by atoms with Crippen molar-refractivity contribution in [2.75, 3.05) is 27.2 Å². The number of nitrogens with zero attached hydrogens (tertiary/aromatic N) is 1. The number of amides is 2. The number of halogens is 2. The zero-order valence-electron chi connectivity index (χ0n) is 16.5. The molecular weight excluding hydrogens is 473 g/mol. The van der Waals surface area contributed by atoms with Crippen molar-refractivity contribution in [3.63, 3.8) is 0 Å². The van der Waals surface area contributed by atoms with Crippen molar-refractivity contribution >= 4 is 62.1 Å². The molecule has 0 spiro atoms. The second-order valence-corrected chi connectivity index (χ2v) is 9.85. The lowest BCUT2D eigenvalue weighted by molar-refractivity contribution is 0.101. The Morgan fingerprint density at radius 1 is 0.844 bits per heavy atom. The van der Waals surface area contributed by atoms with Crippen molar-refractivity contribution in [3.8, 4) is 0 Å². The van der Waals surface area contributed by atoms with E-state index in [1.54, 1.807) is 42.5 Å². The van der Waals surface area contributed by atoms with E-state index in [2.05, 4.69) is 10.6 Å². The van der Waals surface area contributed by atoms with Crippen LogP contribution in [0.15, 0.2) is 66.7 Å². The summed E-state index contributed by atoms with van der Waals surface area (Å²) in [5.74, 6) is -0.738. The van der Waals surface area contributed by atoms with E-state index in [0.29, 0.717) is 34.2 Å². The van der Waals surface area contributed by atoms with Gasteiger partial charge in [0.1, 0.15) is 0 Å². The minimum absolute atomic E-state index is 0.0898. The van der Waals surface area contributed by atoms with Gasteiger partial charge in [-0.3, -0.25) is 13.9 Å². The summed E-state index contributed by atoms with van der Waals surface area (Å²) in [6.07, 6.45) is 0. The standard InChI is InChI=1S/C22H17Cl2N3O4S/c23-18-9-6-15(12-20(18)26-21(28)14-4-2-1-3-5-14)25-22(29)17-8-7-16(13-19(17)24)27-10-11-32(27,30)31/h1-9,12-13H,10-11H2,(H,25,29)(H,26,28). The lowest BCUT2D eigenvalue weighted by atomic mass is 10.1. The number of sulfonamides is 1. The Morgan fingerprint density at radius 2 is 1.59 bits per heavy atom. The molecule has 1 aliphatic heterocycles. The third-order valence-corrected chi connectivity index (χ3v) is 7.29. The van der Waals surface area contributed by atoms with Gasteiger partial charge in [-0.15, -0.1) is 0 Å². The molecular formula is C22H17Cl2N3O4S. The predicted octanol–water partition coefficient (Wildman–Crippen LogP) is 4.65. The van der Waals surface area contributed by atoms with Crippen LogP contribution in [0.1, 0.15) is 20.7 Å². The first-order chi connectivity index (χ1) is 15.2. The van der Waals surface area contributed by atoms with Crippen molar-refractivity contribution in [2.24, 2.45) is 0 Å². The predicted molar refractivity (Wildman–Crippen MR) is 126 cm³/mol. The van der Waals surface area contributed by atoms with Gasteiger partial charge in [-0.25, -0.2) is 8.42 Å². The molecule has 3 aromatic carbocycles. The molecule has 0 radical (unpaired) electrons. The summed E-state index contributed by atoms with van der Waals surface area (Å²) in [6, 6.07) is 17.8. The van der Waals surface area contributed by atoms with Gasteiger partial charge >= 0.3 is 0 Å². The van der Waals surface area contributed by atoms with E-state index in [-0.39, 0.29) is 22.2 Å². The van der Waals surface area contributed by atoms with Crippen LogP contribution >= 0.6 is 23.2 Å². The van der Waals surface area contributed by atoms with E-state index >= 15 is 0 Å². The second kappa shape index (κ2) is 8.82. The van der Waals surface area contributed by atoms with Crippen molar-refractivity contribution in [1.29, 1.82) is 0 Å². The van der Waals surface area contributed by atoms with Gasteiger partial charge in [-0.05, 0) is 48.5 Å². The van der Waals surface area contributed by atoms with E-state index in [1.165, 1.54) is 28.6 Å². The van der Waals surface area contributed by atoms with E-state index in [9.17, 15) is 18.0 Å². The summed E-state index contributed by atoms with van der Waals surface area (Å²) in [7, 11) is -3.29. The number of anilines is 3. The van der Waals surface area contributed by atoms with Crippen molar-refractivity contribution in [3.05, 3.63) is 87.9 Å². The normalized spacial score (nSPS) is 14.4. The molecule has 10 heteroatoms. The maximum Gasteiger partial charge on any atom is 0.257 e. The van der Waals surface area contributed by atoms with Crippen LogP contribution in [0.25, 0.3) is 0 Å². The highest BCUT2D eigenvalue weighted by atomic mass is 35.5. The molecule has 3 aromatic rings. The van der Waals surface area contributed by atoms with Crippen LogP contribution in [0.5, 0.6) is 0 Å². The number of carbonyl (C=O) groups excluding carboxylic acids is 2. The van der Waals surface area contributed by atoms with E-state index in [0.717, 1.165) is 0 Å². The van der Waals surface area contributed by atoms with Gasteiger partial charge in [0.25, 0.3) is 11.8 Å². The van der Waals surface area contributed by atoms with Gasteiger partial charge < -0.3 is 10.6 Å². The molecule has 0 bridgehead atoms. The van der Waals surface area contributed by atoms with Gasteiger partial charge in [0.05, 0.1) is 32.7 Å². The van der Waals surface area contributed by atoms with Crippen LogP contribution in [-0.4, -0.2) is 32.5 Å². The van der Waals surface area contributed by atoms with Crippen LogP contribution in [0.4, 0.5) is 17.1 Å². The fourth-order valence-electron chi connectivity index (χ4n) is 3.15. The fourth-order valence-corrected chi connectivity index (χ4v) is 4.67. The molecule has 0 saturated carbocycles. The molecule has 164 valence electrons. The van der Waals surface area contributed by atoms with Crippen LogP contribution in [0.2, 0.25) is 10.0 Å². The molecule has 0 aliphatic carbocycles. The van der Waals surface area contributed by atoms with E-state index < -0.39 is 15.9 Å². The minimum atomic E-state index is -3.29. The van der Waals surface area contributed by atoms with E-state index in [4.69, 9.17) is 23.2 Å². The molecule has 2 amide bonds. The van der Waals surface area contributed by atoms with Crippen LogP contribution in [0, 0.1) is 0 Å². The van der Waals surface area contributed by atoms with Crippen molar-refractivity contribution in [2.45, 2.75) is 0 Å². The summed E-state index contributed by atoms with van der Waals surface area (Å²) in [6.45, 7) is 0.381. The molecule has 0 unspecified atom stereocenters. The maximum atomic E-state index is 12.7. The zero-order chi connectivity index (χ0) is 22.9. The third-order valence-electron chi connectivity index (χ3n) is 4.88. The molecule has 1 aliphatic rings. The zero-order valence-corrected chi connectivity index (χ0v) is 18.8. The highest BCUT2D eigenvalue weighted by molar-refractivity contribution is 7.94. The summed E-state index contributed by atoms with van der Waals surface area (Å²) in [5.41, 5.74) is 1.79. The van der Waals surface area contributed by atoms with E-state index in [1.807, 2.05) is 0 Å². The SMILES string of the molecule is O=C(Nc1cc(NC(=O)c2ccc(N3CCS3(=O)=O)cc2Cl)ccc1Cl)c1ccccc1. The van der Waals surface area contributed by atoms with Gasteiger partial charge in [-0.1, -0.05) is 41.4 Å². The third kappa shape index (κ3) is 4.57. The average Bonchev–Trinajstić information content (AvgIpc) is 2.76. The van der Waals surface area contributed by atoms with Crippen LogP contribution in [-0.2, 0) is 10.0 Å². The molecule has 7 nitrogen and oxygen atoms in total. The molecule has 1 fully saturated rings. The molecule has 0 atom stereocenters. The quantitative estimate of drug-likeness (QED) is 0.545. The van der Waals surface area contributed by atoms with Gasteiger partial charge in [0, 0.05) is 17.8 Å². The highest BCUT2D eigenvalue weighted by Gasteiger charge is 2.33. The van der Waals surface area contributed by atoms with Gasteiger partial charge in [0.2, 0.25) is 10.0 Å². The summed E-state index contributed by atoms with van der Waals surface area (Å²) >= 11 is 12.4. The Kier molecular flexibility index (Phi) is 6.10. The summed E-state index contributed by atoms with van der Waals surface area (Å²) < 4.78 is 24.8. The molecule has 2 N–H and O–H groups in total. The maximum absolute atomic E-state index is 12.7. The van der Waals surface area contributed by atoms with Crippen LogP contribution in [0.3, 0.4) is 0 Å². The molecule has 1 heterocycles. The first-order valence-electron chi connectivity index (χ1n) is 9.52. The smallest absolute Gasteiger partial charge is 0.257 e. The molecule has 4 rings (SSSR count). The van der Waals surface area contributed by atoms with Crippen molar-refractivity contribution in [1.82, 2.24) is 0 Å². The van der Waals surface area contributed by atoms with Gasteiger partial charge in [-0.2, -0.15) is 0 Å². The monoisotopic (exact) mass is 489 g/mol.